The number of ether oxygens (including phenoxy) is 1. The van der Waals surface area contributed by atoms with Crippen LogP contribution in [0.25, 0.3) is 0 Å². The Morgan fingerprint density at radius 1 is 1.75 bits per heavy atom. The largest absolute Gasteiger partial charge is 0.377 e. The number of hydrogen-bond donors (Lipinski definition) is 0. The molecule has 70 valence electrons. The Hall–Kier alpha value is -0.280. The van der Waals surface area contributed by atoms with E-state index in [1.165, 1.54) is 0 Å². The van der Waals surface area contributed by atoms with Crippen LogP contribution in [-0.2, 0) is 9.53 Å². The normalized spacial score (nSPS) is 24.2. The topological polar surface area (TPSA) is 29.5 Å². The van der Waals surface area contributed by atoms with Gasteiger partial charge in [-0.05, 0) is 6.92 Å². The smallest absolute Gasteiger partial charge is 0.224 e. The van der Waals surface area contributed by atoms with Gasteiger partial charge in [-0.3, -0.25) is 4.79 Å². The van der Waals surface area contributed by atoms with Crippen LogP contribution in [0.3, 0.4) is 0 Å². The van der Waals surface area contributed by atoms with Crippen LogP contribution < -0.4 is 0 Å². The van der Waals surface area contributed by atoms with Crippen molar-refractivity contribution in [3.05, 3.63) is 0 Å². The molecule has 0 spiro atoms. The summed E-state index contributed by atoms with van der Waals surface area (Å²) in [7, 11) is 0. The second-order valence-corrected chi connectivity index (χ2v) is 3.33. The van der Waals surface area contributed by atoms with E-state index in [2.05, 4.69) is 0 Å². The third-order valence-electron chi connectivity index (χ3n) is 2.00. The molecule has 1 aliphatic rings. The average Bonchev–Trinajstić information content (AvgIpc) is 2.05. The number of halogens is 1. The van der Waals surface area contributed by atoms with Crippen molar-refractivity contribution >= 4 is 17.5 Å². The van der Waals surface area contributed by atoms with Crippen molar-refractivity contribution in [3.8, 4) is 0 Å². The van der Waals surface area contributed by atoms with Crippen LogP contribution in [0.2, 0.25) is 0 Å². The number of carbonyl (C=O) groups excluding carboxylic acids is 1. The molecule has 1 aliphatic heterocycles. The second kappa shape index (κ2) is 4.67. The zero-order chi connectivity index (χ0) is 8.97. The lowest BCUT2D eigenvalue weighted by Gasteiger charge is -2.33. The fourth-order valence-electron chi connectivity index (χ4n) is 1.32. The van der Waals surface area contributed by atoms with Gasteiger partial charge in [-0.15, -0.1) is 11.6 Å². The van der Waals surface area contributed by atoms with E-state index < -0.39 is 0 Å². The van der Waals surface area contributed by atoms with E-state index in [4.69, 9.17) is 16.3 Å². The van der Waals surface area contributed by atoms with E-state index in [1.807, 2.05) is 11.8 Å². The quantitative estimate of drug-likeness (QED) is 0.606. The first-order valence-corrected chi connectivity index (χ1v) is 4.72. The molecular weight excluding hydrogens is 178 g/mol. The molecule has 1 unspecified atom stereocenters. The third kappa shape index (κ3) is 2.35. The van der Waals surface area contributed by atoms with E-state index in [0.29, 0.717) is 32.1 Å². The molecule has 4 heteroatoms. The van der Waals surface area contributed by atoms with Crippen molar-refractivity contribution in [2.45, 2.75) is 19.4 Å². The van der Waals surface area contributed by atoms with E-state index >= 15 is 0 Å². The zero-order valence-electron chi connectivity index (χ0n) is 7.25. The van der Waals surface area contributed by atoms with Gasteiger partial charge in [0.05, 0.1) is 19.3 Å². The minimum atomic E-state index is 0.140. The molecule has 1 amide bonds. The summed E-state index contributed by atoms with van der Waals surface area (Å²) >= 11 is 5.48. The minimum Gasteiger partial charge on any atom is -0.377 e. The lowest BCUT2D eigenvalue weighted by Crippen LogP contribution is -2.47. The van der Waals surface area contributed by atoms with Crippen LogP contribution in [0.5, 0.6) is 0 Å². The van der Waals surface area contributed by atoms with Crippen molar-refractivity contribution in [1.82, 2.24) is 4.90 Å². The Morgan fingerprint density at radius 2 is 2.50 bits per heavy atom. The summed E-state index contributed by atoms with van der Waals surface area (Å²) in [5.74, 6) is 0.545. The van der Waals surface area contributed by atoms with Gasteiger partial charge in [0, 0.05) is 18.8 Å². The molecule has 0 aromatic carbocycles. The first-order chi connectivity index (χ1) is 5.75. The molecule has 0 aromatic heterocycles. The fraction of sp³-hybridized carbons (Fsp3) is 0.875. The van der Waals surface area contributed by atoms with Crippen molar-refractivity contribution < 1.29 is 9.53 Å². The van der Waals surface area contributed by atoms with Gasteiger partial charge in [0.1, 0.15) is 0 Å². The molecule has 1 heterocycles. The summed E-state index contributed by atoms with van der Waals surface area (Å²) in [5, 5.41) is 0. The number of nitrogens with zero attached hydrogens (tertiary/aromatic N) is 1. The second-order valence-electron chi connectivity index (χ2n) is 2.95. The van der Waals surface area contributed by atoms with E-state index in [1.54, 1.807) is 0 Å². The standard InChI is InChI=1S/C8H14ClNO2/c1-7-6-12-5-4-10(7)8(11)2-3-9/h7H,2-6H2,1H3. The molecule has 0 aromatic rings. The predicted octanol–water partition coefficient (Wildman–Crippen LogP) is 0.863. The first kappa shape index (κ1) is 9.81. The maximum Gasteiger partial charge on any atom is 0.224 e. The molecule has 1 atom stereocenters. The number of hydrogen-bond acceptors (Lipinski definition) is 2. The lowest BCUT2D eigenvalue weighted by atomic mass is 10.2. The van der Waals surface area contributed by atoms with Gasteiger partial charge >= 0.3 is 0 Å². The first-order valence-electron chi connectivity index (χ1n) is 4.19. The van der Waals surface area contributed by atoms with Crippen LogP contribution in [0.15, 0.2) is 0 Å². The van der Waals surface area contributed by atoms with Crippen LogP contribution in [0, 0.1) is 0 Å². The highest BCUT2D eigenvalue weighted by Gasteiger charge is 2.22. The summed E-state index contributed by atoms with van der Waals surface area (Å²) < 4.78 is 5.21. The monoisotopic (exact) mass is 191 g/mol. The average molecular weight is 192 g/mol. The maximum atomic E-state index is 11.4. The van der Waals surface area contributed by atoms with E-state index in [-0.39, 0.29) is 11.9 Å². The summed E-state index contributed by atoms with van der Waals surface area (Å²) in [5.41, 5.74) is 0. The van der Waals surface area contributed by atoms with Gasteiger partial charge in [-0.25, -0.2) is 0 Å². The SMILES string of the molecule is CC1COCCN1C(=O)CCCl. The molecule has 0 N–H and O–H groups in total. The highest BCUT2D eigenvalue weighted by Crippen LogP contribution is 2.08. The van der Waals surface area contributed by atoms with Gasteiger partial charge in [-0.1, -0.05) is 0 Å². The van der Waals surface area contributed by atoms with Crippen LogP contribution in [-0.4, -0.2) is 42.5 Å². The molecular formula is C8H14ClNO2. The Bertz CT molecular complexity index is 163. The Morgan fingerprint density at radius 3 is 3.08 bits per heavy atom. The van der Waals surface area contributed by atoms with Crippen molar-refractivity contribution in [2.75, 3.05) is 25.6 Å². The predicted molar refractivity (Wildman–Crippen MR) is 47.3 cm³/mol. The molecule has 0 radical (unpaired) electrons. The van der Waals surface area contributed by atoms with Gasteiger partial charge in [0.15, 0.2) is 0 Å². The molecule has 1 fully saturated rings. The Labute approximate surface area is 77.6 Å². The van der Waals surface area contributed by atoms with Crippen molar-refractivity contribution in [1.29, 1.82) is 0 Å². The molecule has 1 saturated heterocycles. The van der Waals surface area contributed by atoms with E-state index in [0.717, 1.165) is 0 Å². The van der Waals surface area contributed by atoms with Gasteiger partial charge in [-0.2, -0.15) is 0 Å². The third-order valence-corrected chi connectivity index (χ3v) is 2.19. The molecule has 1 rings (SSSR count). The van der Waals surface area contributed by atoms with Crippen LogP contribution in [0.1, 0.15) is 13.3 Å². The van der Waals surface area contributed by atoms with E-state index in [9.17, 15) is 4.79 Å². The summed E-state index contributed by atoms with van der Waals surface area (Å²) in [6, 6.07) is 0.203. The Balaban J connectivity index is 2.42. The van der Waals surface area contributed by atoms with Gasteiger partial charge in [0.25, 0.3) is 0 Å². The minimum absolute atomic E-state index is 0.140. The molecule has 0 saturated carbocycles. The van der Waals surface area contributed by atoms with Crippen LogP contribution >= 0.6 is 11.6 Å². The van der Waals surface area contributed by atoms with Gasteiger partial charge in [0.2, 0.25) is 5.91 Å². The number of carbonyl (C=O) groups is 1. The Kier molecular flexibility index (Phi) is 3.82. The van der Waals surface area contributed by atoms with Crippen LogP contribution in [0.4, 0.5) is 0 Å². The molecule has 0 aliphatic carbocycles. The lowest BCUT2D eigenvalue weighted by molar-refractivity contribution is -0.138. The highest BCUT2D eigenvalue weighted by molar-refractivity contribution is 6.18. The number of morpholine rings is 1. The fourth-order valence-corrected chi connectivity index (χ4v) is 1.48. The zero-order valence-corrected chi connectivity index (χ0v) is 8.01. The van der Waals surface area contributed by atoms with Crippen molar-refractivity contribution in [2.24, 2.45) is 0 Å². The summed E-state index contributed by atoms with van der Waals surface area (Å²) in [6.07, 6.45) is 0.436. The molecule has 3 nitrogen and oxygen atoms in total. The number of alkyl halides is 1. The number of amides is 1. The molecule has 12 heavy (non-hydrogen) atoms. The van der Waals surface area contributed by atoms with Gasteiger partial charge < -0.3 is 9.64 Å². The maximum absolute atomic E-state index is 11.4. The van der Waals surface area contributed by atoms with Crippen molar-refractivity contribution in [3.63, 3.8) is 0 Å². The molecule has 0 bridgehead atoms. The highest BCUT2D eigenvalue weighted by atomic mass is 35.5. The number of rotatable bonds is 2. The summed E-state index contributed by atoms with van der Waals surface area (Å²) in [6.45, 7) is 3.99. The summed E-state index contributed by atoms with van der Waals surface area (Å²) in [4.78, 5) is 13.2.